The molecule has 1 aromatic rings. The molecule has 0 aliphatic carbocycles. The summed E-state index contributed by atoms with van der Waals surface area (Å²) in [5.74, 6) is -0.297. The van der Waals surface area contributed by atoms with Gasteiger partial charge in [0.15, 0.2) is 0 Å². The fourth-order valence-electron chi connectivity index (χ4n) is 4.36. The lowest BCUT2D eigenvalue weighted by Gasteiger charge is -2.33. The molecular formula is C22H31Cl2N3O2. The van der Waals surface area contributed by atoms with E-state index in [4.69, 9.17) is 23.2 Å². The van der Waals surface area contributed by atoms with Gasteiger partial charge in [-0.1, -0.05) is 29.6 Å². The highest BCUT2D eigenvalue weighted by atomic mass is 35.5. The van der Waals surface area contributed by atoms with E-state index in [0.717, 1.165) is 25.8 Å². The van der Waals surface area contributed by atoms with Crippen LogP contribution in [0.1, 0.15) is 62.2 Å². The highest BCUT2D eigenvalue weighted by Crippen LogP contribution is 2.26. The van der Waals surface area contributed by atoms with Gasteiger partial charge in [-0.05, 0) is 76.7 Å². The third kappa shape index (κ3) is 5.87. The maximum absolute atomic E-state index is 12.9. The van der Waals surface area contributed by atoms with Crippen LogP contribution in [-0.2, 0) is 4.79 Å². The molecule has 2 aliphatic rings. The van der Waals surface area contributed by atoms with Crippen molar-refractivity contribution < 1.29 is 9.59 Å². The monoisotopic (exact) mass is 439 g/mol. The molecule has 2 unspecified atom stereocenters. The van der Waals surface area contributed by atoms with Gasteiger partial charge in [-0.25, -0.2) is 0 Å². The summed E-state index contributed by atoms with van der Waals surface area (Å²) in [6.45, 7) is 5.81. The fraction of sp³-hybridized carbons (Fsp3) is 0.636. The number of amides is 2. The lowest BCUT2D eigenvalue weighted by molar-refractivity contribution is -0.124. The Balaban J connectivity index is 1.46. The van der Waals surface area contributed by atoms with Crippen molar-refractivity contribution in [1.82, 2.24) is 15.1 Å². The van der Waals surface area contributed by atoms with Gasteiger partial charge >= 0.3 is 0 Å². The zero-order valence-corrected chi connectivity index (χ0v) is 18.6. The van der Waals surface area contributed by atoms with Crippen LogP contribution in [0.4, 0.5) is 0 Å². The summed E-state index contributed by atoms with van der Waals surface area (Å²) in [6, 6.07) is 5.08. The molecule has 2 atom stereocenters. The van der Waals surface area contributed by atoms with Crippen LogP contribution in [0.2, 0.25) is 10.0 Å². The Morgan fingerprint density at radius 2 is 1.93 bits per heavy atom. The van der Waals surface area contributed by atoms with Gasteiger partial charge in [0.25, 0.3) is 5.91 Å². The van der Waals surface area contributed by atoms with Crippen LogP contribution < -0.4 is 5.32 Å². The summed E-state index contributed by atoms with van der Waals surface area (Å²) in [5, 5.41) is 3.84. The van der Waals surface area contributed by atoms with Crippen molar-refractivity contribution in [1.29, 1.82) is 0 Å². The number of halogens is 2. The number of nitrogens with one attached hydrogen (secondary N) is 1. The molecule has 1 aromatic carbocycles. The lowest BCUT2D eigenvalue weighted by Crippen LogP contribution is -2.46. The Hall–Kier alpha value is -1.30. The van der Waals surface area contributed by atoms with E-state index in [2.05, 4.69) is 17.1 Å². The molecule has 0 radical (unpaired) electrons. The Morgan fingerprint density at radius 3 is 2.72 bits per heavy atom. The first-order chi connectivity index (χ1) is 14.0. The second-order valence-electron chi connectivity index (χ2n) is 8.16. The molecule has 7 heteroatoms. The topological polar surface area (TPSA) is 52.7 Å². The Kier molecular flexibility index (Phi) is 8.22. The molecule has 0 spiro atoms. The summed E-state index contributed by atoms with van der Waals surface area (Å²) >= 11 is 12.2. The van der Waals surface area contributed by atoms with E-state index in [1.54, 1.807) is 23.1 Å². The predicted molar refractivity (Wildman–Crippen MR) is 118 cm³/mol. The van der Waals surface area contributed by atoms with E-state index >= 15 is 0 Å². The zero-order valence-electron chi connectivity index (χ0n) is 17.1. The number of rotatable bonds is 7. The SMILES string of the molecule is CC1CCCCN1CCCCNC(=O)C1CCCN1C(=O)c1cc(Cl)ccc1Cl. The summed E-state index contributed by atoms with van der Waals surface area (Å²) in [6.07, 6.45) is 7.45. The first-order valence-corrected chi connectivity index (χ1v) is 11.5. The second-order valence-corrected chi connectivity index (χ2v) is 9.00. The van der Waals surface area contributed by atoms with Crippen LogP contribution in [0.5, 0.6) is 0 Å². The number of piperidine rings is 1. The van der Waals surface area contributed by atoms with Gasteiger partial charge in [0, 0.05) is 24.2 Å². The van der Waals surface area contributed by atoms with Gasteiger partial charge in [-0.2, -0.15) is 0 Å². The normalized spacial score (nSPS) is 22.7. The van der Waals surface area contributed by atoms with Gasteiger partial charge in [0.05, 0.1) is 10.6 Å². The van der Waals surface area contributed by atoms with Gasteiger partial charge in [-0.3, -0.25) is 9.59 Å². The fourth-order valence-corrected chi connectivity index (χ4v) is 4.73. The highest BCUT2D eigenvalue weighted by Gasteiger charge is 2.35. The van der Waals surface area contributed by atoms with Crippen LogP contribution in [0, 0.1) is 0 Å². The van der Waals surface area contributed by atoms with E-state index in [1.807, 2.05) is 0 Å². The second kappa shape index (κ2) is 10.6. The van der Waals surface area contributed by atoms with Crippen molar-refractivity contribution >= 4 is 35.0 Å². The van der Waals surface area contributed by atoms with Crippen LogP contribution in [0.15, 0.2) is 18.2 Å². The molecule has 160 valence electrons. The maximum Gasteiger partial charge on any atom is 0.256 e. The number of hydrogen-bond acceptors (Lipinski definition) is 3. The molecule has 2 amide bonds. The minimum Gasteiger partial charge on any atom is -0.354 e. The zero-order chi connectivity index (χ0) is 20.8. The van der Waals surface area contributed by atoms with Crippen LogP contribution in [0.3, 0.4) is 0 Å². The molecule has 3 rings (SSSR count). The average Bonchev–Trinajstić information content (AvgIpc) is 3.20. The number of carbonyl (C=O) groups excluding carboxylic acids is 2. The first kappa shape index (κ1) is 22.4. The van der Waals surface area contributed by atoms with Gasteiger partial charge in [0.2, 0.25) is 5.91 Å². The van der Waals surface area contributed by atoms with E-state index in [0.29, 0.717) is 41.2 Å². The smallest absolute Gasteiger partial charge is 0.256 e. The average molecular weight is 440 g/mol. The maximum atomic E-state index is 12.9. The summed E-state index contributed by atoms with van der Waals surface area (Å²) < 4.78 is 0. The number of carbonyl (C=O) groups is 2. The molecule has 2 heterocycles. The van der Waals surface area contributed by atoms with Crippen molar-refractivity contribution in [3.63, 3.8) is 0 Å². The van der Waals surface area contributed by atoms with Crippen molar-refractivity contribution in [2.45, 2.75) is 64.0 Å². The molecule has 2 saturated heterocycles. The van der Waals surface area contributed by atoms with Crippen molar-refractivity contribution in [3.05, 3.63) is 33.8 Å². The predicted octanol–water partition coefficient (Wildman–Crippen LogP) is 4.37. The van der Waals surface area contributed by atoms with Crippen LogP contribution in [0.25, 0.3) is 0 Å². The van der Waals surface area contributed by atoms with Gasteiger partial charge < -0.3 is 15.1 Å². The standard InChI is InChI=1S/C22H31Cl2N3O2/c1-16-7-2-4-12-26(16)13-5-3-11-25-21(28)20-8-6-14-27(20)22(29)18-15-17(23)9-10-19(18)24/h9-10,15-16,20H,2-8,11-14H2,1H3,(H,25,28). The van der Waals surface area contributed by atoms with E-state index < -0.39 is 6.04 Å². The van der Waals surface area contributed by atoms with Gasteiger partial charge in [0.1, 0.15) is 6.04 Å². The minimum atomic E-state index is -0.431. The van der Waals surface area contributed by atoms with E-state index in [9.17, 15) is 9.59 Å². The number of benzene rings is 1. The summed E-state index contributed by atoms with van der Waals surface area (Å²) in [5.41, 5.74) is 0.356. The number of likely N-dealkylation sites (tertiary alicyclic amines) is 2. The quantitative estimate of drug-likeness (QED) is 0.641. The van der Waals surface area contributed by atoms with Crippen molar-refractivity contribution in [2.75, 3.05) is 26.2 Å². The highest BCUT2D eigenvalue weighted by molar-refractivity contribution is 6.35. The summed E-state index contributed by atoms with van der Waals surface area (Å²) in [4.78, 5) is 29.8. The van der Waals surface area contributed by atoms with Crippen LogP contribution in [-0.4, -0.2) is 59.9 Å². The summed E-state index contributed by atoms with van der Waals surface area (Å²) in [7, 11) is 0. The molecule has 0 bridgehead atoms. The molecule has 29 heavy (non-hydrogen) atoms. The number of unbranched alkanes of at least 4 members (excludes halogenated alkanes) is 1. The lowest BCUT2D eigenvalue weighted by atomic mass is 10.0. The third-order valence-corrected chi connectivity index (χ3v) is 6.65. The Bertz CT molecular complexity index is 728. The molecule has 5 nitrogen and oxygen atoms in total. The van der Waals surface area contributed by atoms with Crippen molar-refractivity contribution in [2.24, 2.45) is 0 Å². The largest absolute Gasteiger partial charge is 0.354 e. The molecule has 0 saturated carbocycles. The van der Waals surface area contributed by atoms with Gasteiger partial charge in [-0.15, -0.1) is 0 Å². The first-order valence-electron chi connectivity index (χ1n) is 10.7. The molecule has 1 N–H and O–H groups in total. The Morgan fingerprint density at radius 1 is 1.10 bits per heavy atom. The van der Waals surface area contributed by atoms with Crippen LogP contribution >= 0.6 is 23.2 Å². The molecule has 2 aliphatic heterocycles. The molecular weight excluding hydrogens is 409 g/mol. The third-order valence-electron chi connectivity index (χ3n) is 6.09. The number of nitrogens with zero attached hydrogens (tertiary/aromatic N) is 2. The van der Waals surface area contributed by atoms with Crippen molar-refractivity contribution in [3.8, 4) is 0 Å². The molecule has 2 fully saturated rings. The minimum absolute atomic E-state index is 0.0691. The van der Waals surface area contributed by atoms with E-state index in [-0.39, 0.29) is 11.8 Å². The van der Waals surface area contributed by atoms with E-state index in [1.165, 1.54) is 25.8 Å². The number of hydrogen-bond donors (Lipinski definition) is 1. The Labute approximate surface area is 183 Å². The molecule has 0 aromatic heterocycles.